The van der Waals surface area contributed by atoms with Crippen LogP contribution in [0.15, 0.2) is 12.4 Å². The summed E-state index contributed by atoms with van der Waals surface area (Å²) < 4.78 is 1.99. The molecule has 84 valence electrons. The molecule has 0 aliphatic carbocycles. The molecule has 0 aromatic carbocycles. The Bertz CT molecular complexity index is 311. The minimum absolute atomic E-state index is 0.129. The molecule has 2 heterocycles. The number of hydrogen-bond donors (Lipinski definition) is 1. The summed E-state index contributed by atoms with van der Waals surface area (Å²) in [6.45, 7) is 5.86. The van der Waals surface area contributed by atoms with Crippen molar-refractivity contribution in [3.05, 3.63) is 18.0 Å². The number of aromatic nitrogens is 2. The van der Waals surface area contributed by atoms with Gasteiger partial charge in [0.15, 0.2) is 0 Å². The molecule has 1 aliphatic heterocycles. The van der Waals surface area contributed by atoms with Crippen molar-refractivity contribution >= 4 is 0 Å². The fraction of sp³-hybridized carbons (Fsp3) is 0.727. The fourth-order valence-corrected chi connectivity index (χ4v) is 2.05. The van der Waals surface area contributed by atoms with Gasteiger partial charge >= 0.3 is 0 Å². The first-order valence-electron chi connectivity index (χ1n) is 5.69. The Morgan fingerprint density at radius 1 is 1.60 bits per heavy atom. The molecule has 0 unspecified atom stereocenters. The largest absolute Gasteiger partial charge is 0.392 e. The van der Waals surface area contributed by atoms with Gasteiger partial charge in [0, 0.05) is 37.9 Å². The highest BCUT2D eigenvalue weighted by atomic mass is 16.3. The number of likely N-dealkylation sites (tertiary alicyclic amines) is 1. The van der Waals surface area contributed by atoms with E-state index in [4.69, 9.17) is 0 Å². The van der Waals surface area contributed by atoms with Crippen LogP contribution in [0.1, 0.15) is 25.3 Å². The highest BCUT2D eigenvalue weighted by Gasteiger charge is 2.20. The van der Waals surface area contributed by atoms with E-state index in [1.807, 2.05) is 10.9 Å². The minimum Gasteiger partial charge on any atom is -0.392 e. The average Bonchev–Trinajstić information content (AvgIpc) is 2.78. The van der Waals surface area contributed by atoms with Crippen molar-refractivity contribution in [1.29, 1.82) is 0 Å². The summed E-state index contributed by atoms with van der Waals surface area (Å²) >= 11 is 0. The first-order valence-corrected chi connectivity index (χ1v) is 5.69. The molecule has 1 aromatic rings. The second kappa shape index (κ2) is 4.77. The summed E-state index contributed by atoms with van der Waals surface area (Å²) in [5, 5.41) is 13.7. The number of nitrogens with zero attached hydrogens (tertiary/aromatic N) is 3. The topological polar surface area (TPSA) is 41.3 Å². The molecule has 1 fully saturated rings. The zero-order chi connectivity index (χ0) is 10.7. The quantitative estimate of drug-likeness (QED) is 0.799. The lowest BCUT2D eigenvalue weighted by Gasteiger charge is -2.12. The maximum atomic E-state index is 9.40. The number of hydrogen-bond acceptors (Lipinski definition) is 3. The lowest BCUT2D eigenvalue weighted by Crippen LogP contribution is -2.21. The Morgan fingerprint density at radius 2 is 2.47 bits per heavy atom. The molecule has 1 saturated heterocycles. The van der Waals surface area contributed by atoms with Crippen LogP contribution in [0, 0.1) is 0 Å². The van der Waals surface area contributed by atoms with Crippen molar-refractivity contribution < 1.29 is 5.11 Å². The van der Waals surface area contributed by atoms with Crippen molar-refractivity contribution in [2.75, 3.05) is 13.1 Å². The van der Waals surface area contributed by atoms with E-state index >= 15 is 0 Å². The van der Waals surface area contributed by atoms with E-state index in [0.717, 1.165) is 39.0 Å². The lowest BCUT2D eigenvalue weighted by molar-refractivity contribution is 0.175. The van der Waals surface area contributed by atoms with E-state index < -0.39 is 0 Å². The van der Waals surface area contributed by atoms with Crippen molar-refractivity contribution in [2.45, 2.75) is 39.0 Å². The predicted molar refractivity (Wildman–Crippen MR) is 58.4 cm³/mol. The van der Waals surface area contributed by atoms with Gasteiger partial charge in [-0.2, -0.15) is 5.10 Å². The number of β-amino-alcohol motifs (C(OH)–C–C–N with tert-alkyl or cyclic N) is 1. The molecule has 1 atom stereocenters. The first kappa shape index (κ1) is 10.6. The van der Waals surface area contributed by atoms with Gasteiger partial charge in [0.05, 0.1) is 12.3 Å². The Hall–Kier alpha value is -0.870. The molecule has 4 nitrogen and oxygen atoms in total. The van der Waals surface area contributed by atoms with Crippen LogP contribution in [0.5, 0.6) is 0 Å². The molecule has 1 aromatic heterocycles. The third-order valence-electron chi connectivity index (χ3n) is 2.79. The van der Waals surface area contributed by atoms with Crippen LogP contribution in [-0.4, -0.2) is 39.0 Å². The molecule has 2 rings (SSSR count). The van der Waals surface area contributed by atoms with Gasteiger partial charge in [0.2, 0.25) is 0 Å². The van der Waals surface area contributed by atoms with Gasteiger partial charge < -0.3 is 5.11 Å². The van der Waals surface area contributed by atoms with E-state index in [0.29, 0.717) is 0 Å². The van der Waals surface area contributed by atoms with Gasteiger partial charge in [-0.05, 0) is 12.8 Å². The van der Waals surface area contributed by atoms with Crippen molar-refractivity contribution in [3.63, 3.8) is 0 Å². The third kappa shape index (κ3) is 2.79. The molecule has 1 N–H and O–H groups in total. The van der Waals surface area contributed by atoms with E-state index in [9.17, 15) is 5.11 Å². The monoisotopic (exact) mass is 209 g/mol. The van der Waals surface area contributed by atoms with Crippen molar-refractivity contribution in [1.82, 2.24) is 14.7 Å². The summed E-state index contributed by atoms with van der Waals surface area (Å²) in [5.41, 5.74) is 1.25. The smallest absolute Gasteiger partial charge is 0.0679 e. The molecule has 0 bridgehead atoms. The molecule has 0 spiro atoms. The number of rotatable bonds is 4. The summed E-state index contributed by atoms with van der Waals surface area (Å²) in [5.74, 6) is 0. The third-order valence-corrected chi connectivity index (χ3v) is 2.79. The van der Waals surface area contributed by atoms with Crippen LogP contribution < -0.4 is 0 Å². The molecular formula is C11H19N3O. The van der Waals surface area contributed by atoms with Crippen LogP contribution in [0.2, 0.25) is 0 Å². The molecule has 0 saturated carbocycles. The number of aliphatic hydroxyl groups excluding tert-OH is 1. The number of aliphatic hydroxyl groups is 1. The molecule has 0 radical (unpaired) electrons. The zero-order valence-electron chi connectivity index (χ0n) is 9.26. The van der Waals surface area contributed by atoms with Crippen molar-refractivity contribution in [3.8, 4) is 0 Å². The Morgan fingerprint density at radius 3 is 3.13 bits per heavy atom. The highest BCUT2D eigenvalue weighted by Crippen LogP contribution is 2.12. The van der Waals surface area contributed by atoms with Crippen LogP contribution in [0.25, 0.3) is 0 Å². The van der Waals surface area contributed by atoms with E-state index in [-0.39, 0.29) is 6.10 Å². The van der Waals surface area contributed by atoms with Gasteiger partial charge in [0.25, 0.3) is 0 Å². The second-order valence-electron chi connectivity index (χ2n) is 4.29. The van der Waals surface area contributed by atoms with Crippen LogP contribution in [0.4, 0.5) is 0 Å². The van der Waals surface area contributed by atoms with Gasteiger partial charge in [-0.3, -0.25) is 9.58 Å². The van der Waals surface area contributed by atoms with Gasteiger partial charge in [-0.15, -0.1) is 0 Å². The first-order chi connectivity index (χ1) is 7.28. The molecule has 1 aliphatic rings. The maximum Gasteiger partial charge on any atom is 0.0679 e. The fourth-order valence-electron chi connectivity index (χ4n) is 2.05. The number of aryl methyl sites for hydroxylation is 1. The van der Waals surface area contributed by atoms with Gasteiger partial charge in [0.1, 0.15) is 0 Å². The molecule has 15 heavy (non-hydrogen) atoms. The van der Waals surface area contributed by atoms with Crippen LogP contribution in [-0.2, 0) is 13.1 Å². The van der Waals surface area contributed by atoms with Gasteiger partial charge in [-0.1, -0.05) is 6.92 Å². The zero-order valence-corrected chi connectivity index (χ0v) is 9.26. The summed E-state index contributed by atoms with van der Waals surface area (Å²) in [6.07, 6.45) is 5.93. The summed E-state index contributed by atoms with van der Waals surface area (Å²) in [6, 6.07) is 0. The molecule has 4 heteroatoms. The molecule has 0 amide bonds. The maximum absolute atomic E-state index is 9.40. The molecular weight excluding hydrogens is 190 g/mol. The van der Waals surface area contributed by atoms with Crippen LogP contribution in [0.3, 0.4) is 0 Å². The normalized spacial score (nSPS) is 22.4. The van der Waals surface area contributed by atoms with E-state index in [2.05, 4.69) is 23.1 Å². The SMILES string of the molecule is CCCn1cc(CN2CC[C@@H](O)C2)cn1. The van der Waals surface area contributed by atoms with Gasteiger partial charge in [-0.25, -0.2) is 0 Å². The Labute approximate surface area is 90.5 Å². The predicted octanol–water partition coefficient (Wildman–Crippen LogP) is 0.860. The van der Waals surface area contributed by atoms with Crippen LogP contribution >= 0.6 is 0 Å². The van der Waals surface area contributed by atoms with E-state index in [1.165, 1.54) is 5.56 Å². The summed E-state index contributed by atoms with van der Waals surface area (Å²) in [4.78, 5) is 2.28. The van der Waals surface area contributed by atoms with Crippen molar-refractivity contribution in [2.24, 2.45) is 0 Å². The Kier molecular flexibility index (Phi) is 3.38. The minimum atomic E-state index is -0.129. The standard InChI is InChI=1S/C11H19N3O/c1-2-4-14-8-10(6-12-14)7-13-5-3-11(15)9-13/h6,8,11,15H,2-5,7,9H2,1H3/t11-/m1/s1. The highest BCUT2D eigenvalue weighted by molar-refractivity contribution is 5.04. The van der Waals surface area contributed by atoms with E-state index in [1.54, 1.807) is 0 Å². The summed E-state index contributed by atoms with van der Waals surface area (Å²) in [7, 11) is 0. The second-order valence-corrected chi connectivity index (χ2v) is 4.29. The lowest BCUT2D eigenvalue weighted by atomic mass is 10.3. The average molecular weight is 209 g/mol. The Balaban J connectivity index is 1.87.